The first-order valence-corrected chi connectivity index (χ1v) is 7.43. The molecule has 2 nitrogen and oxygen atoms in total. The van der Waals surface area contributed by atoms with Crippen LogP contribution >= 0.6 is 0 Å². The smallest absolute Gasteiger partial charge is 0.0312 e. The van der Waals surface area contributed by atoms with E-state index in [-0.39, 0.29) is 0 Å². The van der Waals surface area contributed by atoms with Crippen LogP contribution in [0, 0.1) is 0 Å². The van der Waals surface area contributed by atoms with Crippen molar-refractivity contribution < 1.29 is 0 Å². The highest BCUT2D eigenvalue weighted by molar-refractivity contribution is 5.22. The standard InChI is InChI=1S/C18H24N2/c1-3-16-8-10-17(11-9-16)7-5-13-20(2)15-18-6-4-12-19-14-18/h4,6,8-12,14H,3,5,7,13,15H2,1-2H3. The molecule has 0 amide bonds. The molecule has 1 aromatic heterocycles. The first kappa shape index (κ1) is 14.7. The molecule has 0 saturated heterocycles. The number of benzene rings is 1. The Morgan fingerprint density at radius 1 is 1.00 bits per heavy atom. The van der Waals surface area contributed by atoms with E-state index in [1.165, 1.54) is 23.1 Å². The summed E-state index contributed by atoms with van der Waals surface area (Å²) < 4.78 is 0. The van der Waals surface area contributed by atoms with Gasteiger partial charge in [-0.2, -0.15) is 0 Å². The van der Waals surface area contributed by atoms with Gasteiger partial charge in [0.05, 0.1) is 0 Å². The molecule has 2 heteroatoms. The molecule has 0 saturated carbocycles. The van der Waals surface area contributed by atoms with Crippen molar-refractivity contribution in [3.8, 4) is 0 Å². The van der Waals surface area contributed by atoms with Gasteiger partial charge in [-0.1, -0.05) is 37.3 Å². The lowest BCUT2D eigenvalue weighted by Crippen LogP contribution is -2.19. The van der Waals surface area contributed by atoms with Gasteiger partial charge in [0.1, 0.15) is 0 Å². The Hall–Kier alpha value is -1.67. The largest absolute Gasteiger partial charge is 0.302 e. The van der Waals surface area contributed by atoms with Crippen molar-refractivity contribution in [3.63, 3.8) is 0 Å². The van der Waals surface area contributed by atoms with E-state index in [4.69, 9.17) is 0 Å². The minimum absolute atomic E-state index is 0.975. The molecule has 0 atom stereocenters. The molecule has 2 rings (SSSR count). The van der Waals surface area contributed by atoms with Crippen molar-refractivity contribution in [3.05, 3.63) is 65.5 Å². The van der Waals surface area contributed by atoms with Gasteiger partial charge in [0.15, 0.2) is 0 Å². The van der Waals surface area contributed by atoms with E-state index in [0.717, 1.165) is 25.9 Å². The van der Waals surface area contributed by atoms with Crippen LogP contribution in [0.25, 0.3) is 0 Å². The molecule has 0 unspecified atom stereocenters. The lowest BCUT2D eigenvalue weighted by atomic mass is 10.1. The fraction of sp³-hybridized carbons (Fsp3) is 0.389. The lowest BCUT2D eigenvalue weighted by molar-refractivity contribution is 0.322. The number of hydrogen-bond donors (Lipinski definition) is 0. The van der Waals surface area contributed by atoms with Crippen LogP contribution in [-0.2, 0) is 19.4 Å². The first-order chi connectivity index (χ1) is 9.78. The van der Waals surface area contributed by atoms with Crippen molar-refractivity contribution in [2.24, 2.45) is 0 Å². The molecule has 106 valence electrons. The Labute approximate surface area is 122 Å². The van der Waals surface area contributed by atoms with E-state index in [1.54, 1.807) is 0 Å². The average molecular weight is 268 g/mol. The summed E-state index contributed by atoms with van der Waals surface area (Å²) >= 11 is 0. The summed E-state index contributed by atoms with van der Waals surface area (Å²) in [5.74, 6) is 0. The molecule has 0 radical (unpaired) electrons. The highest BCUT2D eigenvalue weighted by Crippen LogP contribution is 2.08. The zero-order valence-electron chi connectivity index (χ0n) is 12.5. The minimum Gasteiger partial charge on any atom is -0.302 e. The van der Waals surface area contributed by atoms with Crippen LogP contribution in [0.15, 0.2) is 48.8 Å². The van der Waals surface area contributed by atoms with Gasteiger partial charge in [0, 0.05) is 18.9 Å². The first-order valence-electron chi connectivity index (χ1n) is 7.43. The second-order valence-corrected chi connectivity index (χ2v) is 5.37. The average Bonchev–Trinajstić information content (AvgIpc) is 2.49. The Kier molecular flexibility index (Phi) is 5.75. The second-order valence-electron chi connectivity index (χ2n) is 5.37. The van der Waals surface area contributed by atoms with Gasteiger partial charge < -0.3 is 4.90 Å². The van der Waals surface area contributed by atoms with Gasteiger partial charge in [0.25, 0.3) is 0 Å². The monoisotopic (exact) mass is 268 g/mol. The molecule has 0 N–H and O–H groups in total. The third-order valence-corrected chi connectivity index (χ3v) is 3.61. The van der Waals surface area contributed by atoms with Gasteiger partial charge in [-0.15, -0.1) is 0 Å². The van der Waals surface area contributed by atoms with E-state index < -0.39 is 0 Å². The van der Waals surface area contributed by atoms with Crippen LogP contribution in [0.5, 0.6) is 0 Å². The zero-order valence-corrected chi connectivity index (χ0v) is 12.5. The summed E-state index contributed by atoms with van der Waals surface area (Å²) in [5.41, 5.74) is 4.14. The normalized spacial score (nSPS) is 10.9. The van der Waals surface area contributed by atoms with Crippen LogP contribution in [0.2, 0.25) is 0 Å². The molecule has 0 aliphatic heterocycles. The highest BCUT2D eigenvalue weighted by atomic mass is 15.1. The summed E-state index contributed by atoms with van der Waals surface area (Å²) in [6, 6.07) is 13.1. The molecular weight excluding hydrogens is 244 g/mol. The number of rotatable bonds is 7. The third-order valence-electron chi connectivity index (χ3n) is 3.61. The third kappa shape index (κ3) is 4.78. The predicted octanol–water partition coefficient (Wildman–Crippen LogP) is 3.71. The molecule has 2 aromatic rings. The molecule has 1 heterocycles. The van der Waals surface area contributed by atoms with Crippen molar-refractivity contribution in [1.29, 1.82) is 0 Å². The molecule has 0 fully saturated rings. The minimum atomic E-state index is 0.975. The van der Waals surface area contributed by atoms with E-state index in [9.17, 15) is 0 Å². The van der Waals surface area contributed by atoms with Gasteiger partial charge in [-0.25, -0.2) is 0 Å². The number of aromatic nitrogens is 1. The molecule has 20 heavy (non-hydrogen) atoms. The molecule has 1 aromatic carbocycles. The van der Waals surface area contributed by atoms with E-state index in [2.05, 4.69) is 54.2 Å². The van der Waals surface area contributed by atoms with Crippen LogP contribution in [0.1, 0.15) is 30.0 Å². The number of nitrogens with zero attached hydrogens (tertiary/aromatic N) is 2. The van der Waals surface area contributed by atoms with Gasteiger partial charge >= 0.3 is 0 Å². The maximum Gasteiger partial charge on any atom is 0.0312 e. The SMILES string of the molecule is CCc1ccc(CCCN(C)Cc2cccnc2)cc1. The maximum atomic E-state index is 4.16. The number of pyridine rings is 1. The molecule has 0 bridgehead atoms. The predicted molar refractivity (Wildman–Crippen MR) is 84.7 cm³/mol. The molecule has 0 aliphatic carbocycles. The van der Waals surface area contributed by atoms with Crippen LogP contribution in [0.3, 0.4) is 0 Å². The Bertz CT molecular complexity index is 491. The Balaban J connectivity index is 1.72. The van der Waals surface area contributed by atoms with Crippen molar-refractivity contribution in [2.45, 2.75) is 32.7 Å². The van der Waals surface area contributed by atoms with Gasteiger partial charge in [-0.3, -0.25) is 4.98 Å². The molecule has 0 aliphatic rings. The van der Waals surface area contributed by atoms with E-state index in [0.29, 0.717) is 0 Å². The number of hydrogen-bond acceptors (Lipinski definition) is 2. The van der Waals surface area contributed by atoms with Crippen LogP contribution in [-0.4, -0.2) is 23.5 Å². The van der Waals surface area contributed by atoms with Gasteiger partial charge in [-0.05, 0) is 55.6 Å². The van der Waals surface area contributed by atoms with E-state index in [1.807, 2.05) is 18.5 Å². The maximum absolute atomic E-state index is 4.16. The second kappa shape index (κ2) is 7.81. The summed E-state index contributed by atoms with van der Waals surface area (Å²) in [5, 5.41) is 0. The zero-order chi connectivity index (χ0) is 14.2. The summed E-state index contributed by atoms with van der Waals surface area (Å²) in [6.45, 7) is 4.29. The quantitative estimate of drug-likeness (QED) is 0.761. The van der Waals surface area contributed by atoms with Crippen LogP contribution < -0.4 is 0 Å². The Morgan fingerprint density at radius 3 is 2.40 bits per heavy atom. The van der Waals surface area contributed by atoms with Crippen LogP contribution in [0.4, 0.5) is 0 Å². The summed E-state index contributed by atoms with van der Waals surface area (Å²) in [7, 11) is 2.17. The van der Waals surface area contributed by atoms with Crippen molar-refractivity contribution in [1.82, 2.24) is 9.88 Å². The van der Waals surface area contributed by atoms with Crippen molar-refractivity contribution in [2.75, 3.05) is 13.6 Å². The van der Waals surface area contributed by atoms with E-state index >= 15 is 0 Å². The molecular formula is C18H24N2. The summed E-state index contributed by atoms with van der Waals surface area (Å²) in [6.07, 6.45) is 7.24. The Morgan fingerprint density at radius 2 is 1.75 bits per heavy atom. The summed E-state index contributed by atoms with van der Waals surface area (Å²) in [4.78, 5) is 6.51. The lowest BCUT2D eigenvalue weighted by Gasteiger charge is -2.16. The van der Waals surface area contributed by atoms with Crippen molar-refractivity contribution >= 4 is 0 Å². The highest BCUT2D eigenvalue weighted by Gasteiger charge is 2.01. The fourth-order valence-electron chi connectivity index (χ4n) is 2.38. The van der Waals surface area contributed by atoms with Gasteiger partial charge in [0.2, 0.25) is 0 Å². The molecule has 0 spiro atoms. The topological polar surface area (TPSA) is 16.1 Å². The number of aryl methyl sites for hydroxylation is 2. The fourth-order valence-corrected chi connectivity index (χ4v) is 2.38.